The summed E-state index contributed by atoms with van der Waals surface area (Å²) in [7, 11) is 0. The van der Waals surface area contributed by atoms with Crippen LogP contribution in [0.1, 0.15) is 28.1 Å². The quantitative estimate of drug-likeness (QED) is 0.0441. The molecule has 1 saturated carbocycles. The van der Waals surface area contributed by atoms with Crippen molar-refractivity contribution in [2.45, 2.75) is 5.60 Å². The topological polar surface area (TPSA) is 145 Å². The second-order valence-electron chi connectivity index (χ2n) is 13.4. The van der Waals surface area contributed by atoms with Crippen LogP contribution < -0.4 is 11.1 Å². The predicted molar refractivity (Wildman–Crippen MR) is 210 cm³/mol. The number of esters is 1. The molecule has 0 aliphatic heterocycles. The number of rotatable bonds is 13. The molecular formula is C46H40N4O5. The SMILES string of the molecule is NC(=O)C1C2C(C(O)(c3ccccc3)c3ccccn3)=CC(C2=C(c2ccccc2)c2ccccn2)C1C(=O)NCCOC(=O)/C=C/C=C/c1ccccc1. The highest BCUT2D eigenvalue weighted by Gasteiger charge is 2.61. The lowest BCUT2D eigenvalue weighted by Gasteiger charge is -2.37. The number of primary amides is 1. The van der Waals surface area contributed by atoms with Crippen molar-refractivity contribution in [3.8, 4) is 0 Å². The number of ether oxygens (including phenoxy) is 1. The molecule has 7 rings (SSSR count). The molecular weight excluding hydrogens is 689 g/mol. The Morgan fingerprint density at radius 3 is 2.09 bits per heavy atom. The van der Waals surface area contributed by atoms with Crippen LogP contribution in [-0.2, 0) is 24.7 Å². The van der Waals surface area contributed by atoms with E-state index in [1.54, 1.807) is 42.7 Å². The highest BCUT2D eigenvalue weighted by Crippen LogP contribution is 2.62. The molecule has 4 N–H and O–H groups in total. The minimum atomic E-state index is -1.77. The molecule has 0 radical (unpaired) electrons. The van der Waals surface area contributed by atoms with E-state index in [2.05, 4.69) is 10.3 Å². The second-order valence-corrected chi connectivity index (χ2v) is 13.4. The van der Waals surface area contributed by atoms with Gasteiger partial charge in [-0.15, -0.1) is 0 Å². The number of nitrogens with zero attached hydrogens (tertiary/aromatic N) is 2. The Balaban J connectivity index is 1.24. The van der Waals surface area contributed by atoms with Gasteiger partial charge in [0.15, 0.2) is 5.60 Å². The molecule has 2 aromatic heterocycles. The maximum Gasteiger partial charge on any atom is 0.330 e. The van der Waals surface area contributed by atoms with Crippen LogP contribution in [0.3, 0.4) is 0 Å². The molecule has 2 aliphatic carbocycles. The van der Waals surface area contributed by atoms with Gasteiger partial charge >= 0.3 is 5.97 Å². The Morgan fingerprint density at radius 1 is 0.782 bits per heavy atom. The molecule has 9 heteroatoms. The average molecular weight is 729 g/mol. The zero-order valence-electron chi connectivity index (χ0n) is 29.9. The van der Waals surface area contributed by atoms with E-state index in [1.165, 1.54) is 6.08 Å². The molecule has 55 heavy (non-hydrogen) atoms. The van der Waals surface area contributed by atoms with E-state index >= 15 is 0 Å². The third-order valence-corrected chi connectivity index (χ3v) is 10.1. The third-order valence-electron chi connectivity index (χ3n) is 10.1. The number of carbonyl (C=O) groups is 3. The van der Waals surface area contributed by atoms with Crippen LogP contribution in [0.4, 0.5) is 0 Å². The van der Waals surface area contributed by atoms with Crippen molar-refractivity contribution >= 4 is 29.4 Å². The van der Waals surface area contributed by atoms with Gasteiger partial charge in [-0.3, -0.25) is 19.6 Å². The molecule has 0 spiro atoms. The van der Waals surface area contributed by atoms with Gasteiger partial charge < -0.3 is 20.9 Å². The first-order valence-corrected chi connectivity index (χ1v) is 18.1. The van der Waals surface area contributed by atoms with Crippen LogP contribution in [0.5, 0.6) is 0 Å². The third kappa shape index (κ3) is 7.56. The molecule has 5 aromatic rings. The van der Waals surface area contributed by atoms with E-state index in [-0.39, 0.29) is 13.2 Å². The fourth-order valence-electron chi connectivity index (χ4n) is 7.86. The summed E-state index contributed by atoms with van der Waals surface area (Å²) in [6, 6.07) is 39.5. The lowest BCUT2D eigenvalue weighted by atomic mass is 9.70. The Hall–Kier alpha value is -6.71. The number of hydrogen-bond donors (Lipinski definition) is 3. The first kappa shape index (κ1) is 36.6. The number of allylic oxidation sites excluding steroid dienone is 4. The molecule has 5 unspecified atom stereocenters. The van der Waals surface area contributed by atoms with E-state index in [1.807, 2.05) is 121 Å². The number of fused-ring (bicyclic) bond motifs is 2. The van der Waals surface area contributed by atoms with Crippen molar-refractivity contribution in [2.75, 3.05) is 13.2 Å². The van der Waals surface area contributed by atoms with Crippen molar-refractivity contribution in [3.05, 3.63) is 203 Å². The number of nitrogens with two attached hydrogens (primary N) is 1. The fourth-order valence-corrected chi connectivity index (χ4v) is 7.86. The summed E-state index contributed by atoms with van der Waals surface area (Å²) in [4.78, 5) is 49.7. The van der Waals surface area contributed by atoms with Gasteiger partial charge in [0, 0.05) is 35.9 Å². The van der Waals surface area contributed by atoms with Gasteiger partial charge in [-0.2, -0.15) is 0 Å². The molecule has 5 atom stereocenters. The second kappa shape index (κ2) is 16.5. The molecule has 0 saturated heterocycles. The van der Waals surface area contributed by atoms with Crippen molar-refractivity contribution in [1.29, 1.82) is 0 Å². The lowest BCUT2D eigenvalue weighted by molar-refractivity contribution is -0.138. The summed E-state index contributed by atoms with van der Waals surface area (Å²) in [5, 5.41) is 15.9. The van der Waals surface area contributed by atoms with Crippen molar-refractivity contribution in [2.24, 2.45) is 29.4 Å². The number of aliphatic hydroxyl groups is 1. The van der Waals surface area contributed by atoms with Crippen LogP contribution in [0.25, 0.3) is 11.6 Å². The number of carbonyl (C=O) groups excluding carboxylic acids is 3. The smallest absolute Gasteiger partial charge is 0.330 e. The Kier molecular flexibility index (Phi) is 11.0. The molecule has 1 fully saturated rings. The minimum absolute atomic E-state index is 0.0148. The van der Waals surface area contributed by atoms with Crippen molar-refractivity contribution in [3.63, 3.8) is 0 Å². The minimum Gasteiger partial charge on any atom is -0.461 e. The summed E-state index contributed by atoms with van der Waals surface area (Å²) in [6.07, 6.45) is 11.7. The molecule has 274 valence electrons. The maximum absolute atomic E-state index is 14.3. The van der Waals surface area contributed by atoms with Crippen LogP contribution >= 0.6 is 0 Å². The van der Waals surface area contributed by atoms with Crippen LogP contribution in [-0.4, -0.2) is 46.0 Å². The number of benzene rings is 3. The highest BCUT2D eigenvalue weighted by atomic mass is 16.5. The normalized spacial score (nSPS) is 20.9. The van der Waals surface area contributed by atoms with E-state index in [0.29, 0.717) is 22.5 Å². The zero-order chi connectivity index (χ0) is 38.2. The largest absolute Gasteiger partial charge is 0.461 e. The Bertz CT molecular complexity index is 2180. The average Bonchev–Trinajstić information content (AvgIpc) is 3.76. The first-order valence-electron chi connectivity index (χ1n) is 18.1. The monoisotopic (exact) mass is 728 g/mol. The predicted octanol–water partition coefficient (Wildman–Crippen LogP) is 6.05. The highest BCUT2D eigenvalue weighted by molar-refractivity contribution is 5.94. The molecule has 2 bridgehead atoms. The van der Waals surface area contributed by atoms with E-state index in [0.717, 1.165) is 22.3 Å². The number of pyridine rings is 2. The number of hydrogen-bond acceptors (Lipinski definition) is 7. The van der Waals surface area contributed by atoms with Crippen LogP contribution in [0.2, 0.25) is 0 Å². The fraction of sp³-hybridized carbons (Fsp3) is 0.152. The summed E-state index contributed by atoms with van der Waals surface area (Å²) in [5.74, 6) is -5.08. The number of nitrogens with one attached hydrogen (secondary N) is 1. The summed E-state index contributed by atoms with van der Waals surface area (Å²) < 4.78 is 5.34. The lowest BCUT2D eigenvalue weighted by Crippen LogP contribution is -2.46. The Morgan fingerprint density at radius 2 is 1.44 bits per heavy atom. The number of amides is 2. The summed E-state index contributed by atoms with van der Waals surface area (Å²) in [5.41, 5.74) is 9.92. The van der Waals surface area contributed by atoms with Gasteiger partial charge in [0.05, 0.1) is 29.8 Å². The maximum atomic E-state index is 14.3. The van der Waals surface area contributed by atoms with Gasteiger partial charge in [0.1, 0.15) is 6.61 Å². The van der Waals surface area contributed by atoms with Crippen molar-refractivity contribution in [1.82, 2.24) is 15.3 Å². The van der Waals surface area contributed by atoms with Gasteiger partial charge in [0.2, 0.25) is 11.8 Å². The van der Waals surface area contributed by atoms with Gasteiger partial charge in [0.25, 0.3) is 0 Å². The van der Waals surface area contributed by atoms with E-state index in [9.17, 15) is 19.5 Å². The summed E-state index contributed by atoms with van der Waals surface area (Å²) in [6.45, 7) is -0.0687. The van der Waals surface area contributed by atoms with Crippen LogP contribution in [0.15, 0.2) is 175 Å². The first-order chi connectivity index (χ1) is 26.9. The molecule has 9 nitrogen and oxygen atoms in total. The number of aromatic nitrogens is 2. The van der Waals surface area contributed by atoms with Gasteiger partial charge in [-0.1, -0.05) is 127 Å². The molecule has 2 amide bonds. The molecule has 3 aromatic carbocycles. The molecule has 2 heterocycles. The Labute approximate surface area is 319 Å². The van der Waals surface area contributed by atoms with Gasteiger partial charge in [-0.05, 0) is 52.1 Å². The van der Waals surface area contributed by atoms with Crippen LogP contribution in [0, 0.1) is 23.7 Å². The van der Waals surface area contributed by atoms with Crippen molar-refractivity contribution < 1.29 is 24.2 Å². The van der Waals surface area contributed by atoms with E-state index in [4.69, 9.17) is 15.5 Å². The molecule has 2 aliphatic rings. The van der Waals surface area contributed by atoms with Gasteiger partial charge in [-0.25, -0.2) is 4.79 Å². The summed E-state index contributed by atoms with van der Waals surface area (Å²) >= 11 is 0. The standard InChI is InChI=1S/C46H40N4O5/c47-44(52)43-41(45(53)50-28-29-55-38(51)25-11-10-18-31-16-4-1-5-17-31)34-30-35(46(54,33-21-8-3-9-22-33)37-24-13-15-27-49-37)42(43)40(34)39(32-19-6-2-7-20-32)36-23-12-14-26-48-36/h1-27,30,34,41-43,54H,28-29H2,(H2,47,52)(H,50,53)/b18-10+,25-11+,40-39?. The zero-order valence-corrected chi connectivity index (χ0v) is 29.9. The van der Waals surface area contributed by atoms with E-state index < -0.39 is 47.1 Å².